The number of epoxide rings is 1. The second-order valence-electron chi connectivity index (χ2n) is 4.86. The molecule has 0 bridgehead atoms. The molecule has 0 unspecified atom stereocenters. The minimum absolute atomic E-state index is 0.0308. The number of esters is 1. The molecule has 6 nitrogen and oxygen atoms in total. The van der Waals surface area contributed by atoms with Gasteiger partial charge in [0, 0.05) is 18.6 Å². The SMILES string of the molecule is O=C(O[C@@]12CCCC[C@@H]1O2)c1ccc([N+](=O)[O-])cc1. The zero-order valence-corrected chi connectivity index (χ0v) is 10.2. The highest BCUT2D eigenvalue weighted by molar-refractivity contribution is 5.90. The Morgan fingerprint density at radius 2 is 2.11 bits per heavy atom. The first kappa shape index (κ1) is 12.1. The Balaban J connectivity index is 1.69. The Kier molecular flexibility index (Phi) is 2.74. The van der Waals surface area contributed by atoms with Crippen LogP contribution in [-0.2, 0) is 9.47 Å². The average molecular weight is 263 g/mol. The van der Waals surface area contributed by atoms with Crippen LogP contribution in [0, 0.1) is 10.1 Å². The lowest BCUT2D eigenvalue weighted by Gasteiger charge is -2.17. The van der Waals surface area contributed by atoms with Crippen molar-refractivity contribution in [2.45, 2.75) is 37.6 Å². The molecular weight excluding hydrogens is 250 g/mol. The Hall–Kier alpha value is -1.95. The van der Waals surface area contributed by atoms with E-state index in [9.17, 15) is 14.9 Å². The predicted molar refractivity (Wildman–Crippen MR) is 64.6 cm³/mol. The van der Waals surface area contributed by atoms with E-state index < -0.39 is 16.7 Å². The fourth-order valence-corrected chi connectivity index (χ4v) is 2.48. The van der Waals surface area contributed by atoms with E-state index in [1.54, 1.807) is 0 Å². The Labute approximate surface area is 109 Å². The third-order valence-corrected chi connectivity index (χ3v) is 3.60. The average Bonchev–Trinajstić information content (AvgIpc) is 3.12. The van der Waals surface area contributed by atoms with Gasteiger partial charge in [-0.2, -0.15) is 0 Å². The van der Waals surface area contributed by atoms with E-state index in [0.717, 1.165) is 25.7 Å². The molecule has 3 rings (SSSR count). The number of rotatable bonds is 3. The summed E-state index contributed by atoms with van der Waals surface area (Å²) in [4.78, 5) is 22.0. The number of carbonyl (C=O) groups is 1. The van der Waals surface area contributed by atoms with E-state index in [1.807, 2.05) is 0 Å². The summed E-state index contributed by atoms with van der Waals surface area (Å²) in [5, 5.41) is 10.5. The van der Waals surface area contributed by atoms with Crippen LogP contribution in [0.3, 0.4) is 0 Å². The summed E-state index contributed by atoms with van der Waals surface area (Å²) in [6.07, 6.45) is 3.78. The number of nitro benzene ring substituents is 1. The molecule has 0 N–H and O–H groups in total. The molecule has 100 valence electrons. The minimum Gasteiger partial charge on any atom is -0.427 e. The molecule has 1 heterocycles. The Morgan fingerprint density at radius 3 is 2.74 bits per heavy atom. The van der Waals surface area contributed by atoms with Crippen LogP contribution >= 0.6 is 0 Å². The number of carbonyl (C=O) groups excluding carboxylic acids is 1. The molecule has 6 heteroatoms. The molecule has 1 aromatic carbocycles. The van der Waals surface area contributed by atoms with E-state index in [0.29, 0.717) is 5.56 Å². The van der Waals surface area contributed by atoms with Crippen molar-refractivity contribution in [1.29, 1.82) is 0 Å². The fraction of sp³-hybridized carbons (Fsp3) is 0.462. The lowest BCUT2D eigenvalue weighted by Crippen LogP contribution is -2.26. The van der Waals surface area contributed by atoms with E-state index >= 15 is 0 Å². The van der Waals surface area contributed by atoms with Crippen LogP contribution in [0.15, 0.2) is 24.3 Å². The van der Waals surface area contributed by atoms with Crippen molar-refractivity contribution < 1.29 is 19.2 Å². The summed E-state index contributed by atoms with van der Waals surface area (Å²) in [6, 6.07) is 5.38. The molecule has 1 saturated carbocycles. The molecule has 2 atom stereocenters. The molecule has 2 aliphatic rings. The van der Waals surface area contributed by atoms with Crippen LogP contribution in [0.4, 0.5) is 5.69 Å². The van der Waals surface area contributed by atoms with Gasteiger partial charge in [0.05, 0.1) is 10.5 Å². The lowest BCUT2D eigenvalue weighted by atomic mass is 9.98. The van der Waals surface area contributed by atoms with Gasteiger partial charge in [0.2, 0.25) is 5.79 Å². The summed E-state index contributed by atoms with van der Waals surface area (Å²) in [7, 11) is 0. The number of hydrogen-bond donors (Lipinski definition) is 0. The maximum Gasteiger partial charge on any atom is 0.340 e. The van der Waals surface area contributed by atoms with Crippen molar-refractivity contribution in [2.75, 3.05) is 0 Å². The van der Waals surface area contributed by atoms with Crippen LogP contribution < -0.4 is 0 Å². The number of nitro groups is 1. The van der Waals surface area contributed by atoms with Gasteiger partial charge in [0.15, 0.2) is 0 Å². The maximum absolute atomic E-state index is 12.0. The van der Waals surface area contributed by atoms with Crippen molar-refractivity contribution in [1.82, 2.24) is 0 Å². The molecular formula is C13H13NO5. The standard InChI is InChI=1S/C13H13NO5/c15-12(9-4-6-10(7-5-9)14(16)17)19-13-8-2-1-3-11(13)18-13/h4-7,11H,1-3,8H2/t11-,13-/m0/s1. The van der Waals surface area contributed by atoms with E-state index in [4.69, 9.17) is 9.47 Å². The number of ether oxygens (including phenoxy) is 2. The van der Waals surface area contributed by atoms with E-state index in [1.165, 1.54) is 24.3 Å². The topological polar surface area (TPSA) is 82.0 Å². The normalized spacial score (nSPS) is 28.3. The third-order valence-electron chi connectivity index (χ3n) is 3.60. The Bertz CT molecular complexity index is 526. The summed E-state index contributed by atoms with van der Waals surface area (Å²) >= 11 is 0. The Morgan fingerprint density at radius 1 is 1.37 bits per heavy atom. The molecule has 0 amide bonds. The molecule has 1 aliphatic heterocycles. The van der Waals surface area contributed by atoms with Crippen molar-refractivity contribution in [3.05, 3.63) is 39.9 Å². The van der Waals surface area contributed by atoms with Crippen molar-refractivity contribution >= 4 is 11.7 Å². The molecule has 1 aliphatic carbocycles. The summed E-state index contributed by atoms with van der Waals surface area (Å²) in [5.74, 6) is -1.21. The highest BCUT2D eigenvalue weighted by Gasteiger charge is 2.61. The highest BCUT2D eigenvalue weighted by Crippen LogP contribution is 2.48. The van der Waals surface area contributed by atoms with Crippen LogP contribution in [-0.4, -0.2) is 22.8 Å². The minimum atomic E-state index is -0.725. The van der Waals surface area contributed by atoms with Crippen LogP contribution in [0.2, 0.25) is 0 Å². The maximum atomic E-state index is 12.0. The van der Waals surface area contributed by atoms with Gasteiger partial charge in [-0.15, -0.1) is 0 Å². The quantitative estimate of drug-likeness (QED) is 0.362. The van der Waals surface area contributed by atoms with Crippen molar-refractivity contribution in [2.24, 2.45) is 0 Å². The molecule has 0 aromatic heterocycles. The van der Waals surface area contributed by atoms with Crippen LogP contribution in [0.5, 0.6) is 0 Å². The monoisotopic (exact) mass is 263 g/mol. The molecule has 1 saturated heterocycles. The molecule has 1 aromatic rings. The van der Waals surface area contributed by atoms with Crippen molar-refractivity contribution in [3.8, 4) is 0 Å². The molecule has 2 fully saturated rings. The molecule has 19 heavy (non-hydrogen) atoms. The number of fused-ring (bicyclic) bond motifs is 1. The van der Waals surface area contributed by atoms with Crippen molar-refractivity contribution in [3.63, 3.8) is 0 Å². The van der Waals surface area contributed by atoms with Crippen LogP contribution in [0.1, 0.15) is 36.0 Å². The number of benzene rings is 1. The first-order chi connectivity index (χ1) is 9.11. The summed E-state index contributed by atoms with van der Waals surface area (Å²) in [5.41, 5.74) is 0.257. The predicted octanol–water partition coefficient (Wildman–Crippen LogP) is 2.42. The highest BCUT2D eigenvalue weighted by atomic mass is 16.8. The van der Waals surface area contributed by atoms with Crippen LogP contribution in [0.25, 0.3) is 0 Å². The first-order valence-corrected chi connectivity index (χ1v) is 6.26. The zero-order chi connectivity index (χ0) is 13.5. The van der Waals surface area contributed by atoms with E-state index in [-0.39, 0.29) is 11.8 Å². The number of nitrogens with zero attached hydrogens (tertiary/aromatic N) is 1. The zero-order valence-electron chi connectivity index (χ0n) is 10.2. The smallest absolute Gasteiger partial charge is 0.340 e. The number of hydrogen-bond acceptors (Lipinski definition) is 5. The van der Waals surface area contributed by atoms with Gasteiger partial charge in [-0.3, -0.25) is 10.1 Å². The van der Waals surface area contributed by atoms with Gasteiger partial charge in [-0.25, -0.2) is 4.79 Å². The summed E-state index contributed by atoms with van der Waals surface area (Å²) < 4.78 is 10.9. The van der Waals surface area contributed by atoms with E-state index in [2.05, 4.69) is 0 Å². The van der Waals surface area contributed by atoms with Gasteiger partial charge in [0.25, 0.3) is 5.69 Å². The second-order valence-corrected chi connectivity index (χ2v) is 4.86. The molecule has 0 radical (unpaired) electrons. The lowest BCUT2D eigenvalue weighted by molar-refractivity contribution is -0.384. The number of non-ortho nitro benzene ring substituents is 1. The van der Waals surface area contributed by atoms with Gasteiger partial charge in [-0.1, -0.05) is 6.42 Å². The van der Waals surface area contributed by atoms with Gasteiger partial charge in [-0.05, 0) is 25.0 Å². The fourth-order valence-electron chi connectivity index (χ4n) is 2.48. The largest absolute Gasteiger partial charge is 0.427 e. The first-order valence-electron chi connectivity index (χ1n) is 6.26. The second kappa shape index (κ2) is 4.31. The summed E-state index contributed by atoms with van der Waals surface area (Å²) in [6.45, 7) is 0. The third kappa shape index (κ3) is 2.19. The van der Waals surface area contributed by atoms with Gasteiger partial charge >= 0.3 is 5.97 Å². The van der Waals surface area contributed by atoms with Gasteiger partial charge < -0.3 is 9.47 Å². The van der Waals surface area contributed by atoms with Gasteiger partial charge in [0.1, 0.15) is 6.10 Å². The molecule has 0 spiro atoms.